The van der Waals surface area contributed by atoms with Gasteiger partial charge in [0.2, 0.25) is 0 Å². The Hall–Kier alpha value is -1.04. The lowest BCUT2D eigenvalue weighted by Gasteiger charge is -2.15. The summed E-state index contributed by atoms with van der Waals surface area (Å²) in [4.78, 5) is 0. The van der Waals surface area contributed by atoms with Crippen molar-refractivity contribution >= 4 is 0 Å². The maximum absolute atomic E-state index is 2.33. The van der Waals surface area contributed by atoms with Gasteiger partial charge < -0.3 is 0 Å². The highest BCUT2D eigenvalue weighted by Crippen LogP contribution is 2.25. The minimum atomic E-state index is 0.522. The molecule has 0 spiro atoms. The van der Waals surface area contributed by atoms with Gasteiger partial charge in [0.05, 0.1) is 0 Å². The maximum Gasteiger partial charge on any atom is -0.000525 e. The summed E-state index contributed by atoms with van der Waals surface area (Å²) < 4.78 is 0. The second kappa shape index (κ2) is 4.65. The molecule has 1 atom stereocenters. The highest BCUT2D eigenvalue weighted by atomic mass is 14.1. The number of hydrogen-bond donors (Lipinski definition) is 0. The Morgan fingerprint density at radius 2 is 1.67 bits per heavy atom. The summed E-state index contributed by atoms with van der Waals surface area (Å²) in [6, 6.07) is 4.49. The zero-order chi connectivity index (χ0) is 11.6. The highest BCUT2D eigenvalue weighted by Gasteiger charge is 2.08. The Bertz CT molecular complexity index is 379. The summed E-state index contributed by atoms with van der Waals surface area (Å²) >= 11 is 0. The van der Waals surface area contributed by atoms with Gasteiger partial charge in [-0.1, -0.05) is 30.7 Å². The van der Waals surface area contributed by atoms with Gasteiger partial charge in [-0.3, -0.25) is 0 Å². The Kier molecular flexibility index (Phi) is 3.73. The molecule has 0 nitrogen and oxygen atoms in total. The molecular weight excluding hydrogens is 180 g/mol. The van der Waals surface area contributed by atoms with Crippen molar-refractivity contribution < 1.29 is 0 Å². The molecule has 1 aromatic rings. The van der Waals surface area contributed by atoms with Gasteiger partial charge in [-0.2, -0.15) is 0 Å². The maximum atomic E-state index is 2.33. The van der Waals surface area contributed by atoms with E-state index in [9.17, 15) is 0 Å². The van der Waals surface area contributed by atoms with E-state index in [1.165, 1.54) is 27.8 Å². The van der Waals surface area contributed by atoms with E-state index in [1.54, 1.807) is 0 Å². The number of rotatable bonds is 2. The van der Waals surface area contributed by atoms with Crippen LogP contribution in [0.4, 0.5) is 0 Å². The minimum absolute atomic E-state index is 0.522. The quantitative estimate of drug-likeness (QED) is 0.611. The zero-order valence-electron chi connectivity index (χ0n) is 10.8. The number of allylic oxidation sites excluding steroid dienone is 2. The first-order valence-corrected chi connectivity index (χ1v) is 5.65. The average molecular weight is 202 g/mol. The second-order valence-electron chi connectivity index (χ2n) is 4.75. The van der Waals surface area contributed by atoms with Crippen molar-refractivity contribution in [3.8, 4) is 0 Å². The van der Waals surface area contributed by atoms with Crippen LogP contribution in [0.5, 0.6) is 0 Å². The molecule has 0 saturated carbocycles. The van der Waals surface area contributed by atoms with Crippen molar-refractivity contribution in [2.75, 3.05) is 0 Å². The van der Waals surface area contributed by atoms with Crippen molar-refractivity contribution in [2.45, 2.75) is 47.5 Å². The standard InChI is InChI=1S/C15H22/c1-10(2)9-12(4)15-8-7-11(3)13(5)14(15)6/h7-9,12H,1-6H3. The largest absolute Gasteiger partial charge is 0.0798 e. The molecule has 0 heteroatoms. The number of hydrogen-bond acceptors (Lipinski definition) is 0. The Morgan fingerprint density at radius 3 is 2.20 bits per heavy atom. The Labute approximate surface area is 94.0 Å². The van der Waals surface area contributed by atoms with E-state index in [0.29, 0.717) is 5.92 Å². The number of benzene rings is 1. The third-order valence-corrected chi connectivity index (χ3v) is 3.17. The summed E-state index contributed by atoms with van der Waals surface area (Å²) in [6.45, 7) is 13.2. The average Bonchev–Trinajstić information content (AvgIpc) is 2.13. The molecule has 0 N–H and O–H groups in total. The second-order valence-corrected chi connectivity index (χ2v) is 4.75. The molecule has 0 aliphatic carbocycles. The topological polar surface area (TPSA) is 0 Å². The molecule has 0 fully saturated rings. The molecule has 0 radical (unpaired) electrons. The Balaban J connectivity index is 3.16. The van der Waals surface area contributed by atoms with E-state index in [1.807, 2.05) is 0 Å². The van der Waals surface area contributed by atoms with Crippen molar-refractivity contribution in [1.82, 2.24) is 0 Å². The molecular formula is C15H22. The van der Waals surface area contributed by atoms with Gasteiger partial charge in [0.25, 0.3) is 0 Å². The van der Waals surface area contributed by atoms with Crippen molar-refractivity contribution in [3.63, 3.8) is 0 Å². The summed E-state index contributed by atoms with van der Waals surface area (Å²) in [6.07, 6.45) is 2.33. The highest BCUT2D eigenvalue weighted by molar-refractivity contribution is 5.41. The van der Waals surface area contributed by atoms with E-state index in [0.717, 1.165) is 0 Å². The predicted octanol–water partition coefficient (Wildman–Crippen LogP) is 4.68. The monoisotopic (exact) mass is 202 g/mol. The molecule has 0 aromatic heterocycles. The van der Waals surface area contributed by atoms with Crippen molar-refractivity contribution in [3.05, 3.63) is 46.0 Å². The molecule has 0 aliphatic rings. The predicted molar refractivity (Wildman–Crippen MR) is 68.5 cm³/mol. The van der Waals surface area contributed by atoms with E-state index in [-0.39, 0.29) is 0 Å². The van der Waals surface area contributed by atoms with Crippen LogP contribution in [0.1, 0.15) is 48.9 Å². The van der Waals surface area contributed by atoms with E-state index in [2.05, 4.69) is 59.8 Å². The van der Waals surface area contributed by atoms with E-state index >= 15 is 0 Å². The van der Waals surface area contributed by atoms with Crippen LogP contribution in [-0.2, 0) is 0 Å². The molecule has 0 heterocycles. The third-order valence-electron chi connectivity index (χ3n) is 3.17. The fourth-order valence-corrected chi connectivity index (χ4v) is 2.06. The first-order valence-electron chi connectivity index (χ1n) is 5.65. The van der Waals surface area contributed by atoms with Crippen LogP contribution in [0.3, 0.4) is 0 Å². The molecule has 1 rings (SSSR count). The van der Waals surface area contributed by atoms with E-state index < -0.39 is 0 Å². The van der Waals surface area contributed by atoms with Gasteiger partial charge in [0.15, 0.2) is 0 Å². The molecule has 0 amide bonds. The van der Waals surface area contributed by atoms with E-state index in [4.69, 9.17) is 0 Å². The zero-order valence-corrected chi connectivity index (χ0v) is 10.8. The van der Waals surface area contributed by atoms with Crippen LogP contribution in [-0.4, -0.2) is 0 Å². The van der Waals surface area contributed by atoms with Gasteiger partial charge in [0.1, 0.15) is 0 Å². The lowest BCUT2D eigenvalue weighted by Crippen LogP contribution is -1.98. The molecule has 1 aromatic carbocycles. The van der Waals surface area contributed by atoms with Gasteiger partial charge in [-0.15, -0.1) is 0 Å². The van der Waals surface area contributed by atoms with Gasteiger partial charge in [-0.25, -0.2) is 0 Å². The smallest absolute Gasteiger partial charge is 0.000525 e. The summed E-state index contributed by atoms with van der Waals surface area (Å²) in [5.74, 6) is 0.522. The Morgan fingerprint density at radius 1 is 1.07 bits per heavy atom. The SMILES string of the molecule is CC(C)=CC(C)c1ccc(C)c(C)c1C. The van der Waals surface area contributed by atoms with Crippen LogP contribution in [0.15, 0.2) is 23.8 Å². The van der Waals surface area contributed by atoms with Crippen LogP contribution in [0.25, 0.3) is 0 Å². The lowest BCUT2D eigenvalue weighted by molar-refractivity contribution is 0.931. The van der Waals surface area contributed by atoms with Crippen LogP contribution in [0.2, 0.25) is 0 Å². The van der Waals surface area contributed by atoms with Gasteiger partial charge >= 0.3 is 0 Å². The third kappa shape index (κ3) is 2.71. The first-order chi connectivity index (χ1) is 6.93. The molecule has 0 saturated heterocycles. The molecule has 0 bridgehead atoms. The summed E-state index contributed by atoms with van der Waals surface area (Å²) in [5.41, 5.74) is 7.11. The minimum Gasteiger partial charge on any atom is -0.0798 e. The van der Waals surface area contributed by atoms with Crippen LogP contribution >= 0.6 is 0 Å². The lowest BCUT2D eigenvalue weighted by atomic mass is 9.90. The van der Waals surface area contributed by atoms with Gasteiger partial charge in [-0.05, 0) is 62.8 Å². The normalized spacial score (nSPS) is 12.4. The molecule has 1 unspecified atom stereocenters. The van der Waals surface area contributed by atoms with Crippen LogP contribution < -0.4 is 0 Å². The first kappa shape index (κ1) is 12.0. The molecule has 0 aliphatic heterocycles. The van der Waals surface area contributed by atoms with Crippen molar-refractivity contribution in [1.29, 1.82) is 0 Å². The molecule has 82 valence electrons. The van der Waals surface area contributed by atoms with Crippen molar-refractivity contribution in [2.24, 2.45) is 0 Å². The summed E-state index contributed by atoms with van der Waals surface area (Å²) in [7, 11) is 0. The van der Waals surface area contributed by atoms with Crippen LogP contribution in [0, 0.1) is 20.8 Å². The fourth-order valence-electron chi connectivity index (χ4n) is 2.06. The number of aryl methyl sites for hydroxylation is 1. The fraction of sp³-hybridized carbons (Fsp3) is 0.467. The van der Waals surface area contributed by atoms with Gasteiger partial charge in [0, 0.05) is 0 Å². The molecule has 15 heavy (non-hydrogen) atoms. The summed E-state index contributed by atoms with van der Waals surface area (Å²) in [5, 5.41) is 0.